The lowest BCUT2D eigenvalue weighted by Crippen LogP contribution is -2.35. The molecule has 0 aliphatic heterocycles. The fourth-order valence-corrected chi connectivity index (χ4v) is 3.91. The van der Waals surface area contributed by atoms with Crippen molar-refractivity contribution >= 4 is 32.6 Å². The lowest BCUT2D eigenvalue weighted by atomic mass is 10.1. The first kappa shape index (κ1) is 17.4. The number of anilines is 1. The van der Waals surface area contributed by atoms with Gasteiger partial charge in [0.05, 0.1) is 10.6 Å². The summed E-state index contributed by atoms with van der Waals surface area (Å²) in [6.07, 6.45) is 0. The number of halogens is 2. The minimum Gasteiger partial charge on any atom is -0.279 e. The maximum Gasteiger partial charge on any atom is 0.264 e. The van der Waals surface area contributed by atoms with E-state index in [-0.39, 0.29) is 4.90 Å². The largest absolute Gasteiger partial charge is 0.279 e. The van der Waals surface area contributed by atoms with Crippen molar-refractivity contribution in [3.63, 3.8) is 0 Å². The molecule has 23 heavy (non-hydrogen) atoms. The van der Waals surface area contributed by atoms with Crippen LogP contribution in [0.2, 0.25) is 0 Å². The average Bonchev–Trinajstić information content (AvgIpc) is 2.45. The van der Waals surface area contributed by atoms with E-state index in [1.54, 1.807) is 25.1 Å². The van der Waals surface area contributed by atoms with Crippen molar-refractivity contribution < 1.29 is 17.6 Å². The van der Waals surface area contributed by atoms with E-state index in [1.165, 1.54) is 0 Å². The summed E-state index contributed by atoms with van der Waals surface area (Å²) < 4.78 is 39.6. The zero-order valence-electron chi connectivity index (χ0n) is 12.6. The van der Waals surface area contributed by atoms with Gasteiger partial charge in [0.2, 0.25) is 5.24 Å². The molecule has 0 bridgehead atoms. The van der Waals surface area contributed by atoms with Gasteiger partial charge in [0, 0.05) is 0 Å². The molecule has 0 spiro atoms. The molecule has 0 amide bonds. The van der Waals surface area contributed by atoms with Gasteiger partial charge in [-0.05, 0) is 61.3 Å². The smallest absolute Gasteiger partial charge is 0.264 e. The number of carbonyl (C=O) groups is 1. The normalized spacial score (nSPS) is 11.3. The van der Waals surface area contributed by atoms with Crippen molar-refractivity contribution in [2.24, 2.45) is 0 Å². The Kier molecular flexibility index (Phi) is 5.06. The van der Waals surface area contributed by atoms with Crippen LogP contribution >= 0.6 is 11.6 Å². The van der Waals surface area contributed by atoms with Gasteiger partial charge in [-0.1, -0.05) is 17.7 Å². The highest BCUT2D eigenvalue weighted by Crippen LogP contribution is 2.27. The summed E-state index contributed by atoms with van der Waals surface area (Å²) in [5, 5.41) is -0.810. The van der Waals surface area contributed by atoms with Gasteiger partial charge in [-0.3, -0.25) is 9.10 Å². The third kappa shape index (κ3) is 3.89. The molecule has 0 aromatic heterocycles. The van der Waals surface area contributed by atoms with Crippen molar-refractivity contribution in [3.05, 3.63) is 59.4 Å². The molecule has 7 heteroatoms. The molecular weight excluding hydrogens is 341 g/mol. The minimum absolute atomic E-state index is 0.114. The number of carbonyl (C=O) groups excluding carboxylic acids is 1. The highest BCUT2D eigenvalue weighted by atomic mass is 35.5. The van der Waals surface area contributed by atoms with Crippen molar-refractivity contribution in [1.29, 1.82) is 0 Å². The van der Waals surface area contributed by atoms with Crippen molar-refractivity contribution in [3.8, 4) is 0 Å². The van der Waals surface area contributed by atoms with Gasteiger partial charge < -0.3 is 0 Å². The molecule has 122 valence electrons. The van der Waals surface area contributed by atoms with Gasteiger partial charge in [-0.25, -0.2) is 12.8 Å². The van der Waals surface area contributed by atoms with Crippen LogP contribution in [-0.2, 0) is 14.8 Å². The summed E-state index contributed by atoms with van der Waals surface area (Å²) in [7, 11) is -4.04. The standard InChI is InChI=1S/C16H15ClFNO3S/c1-11-3-8-15(12(2)9-11)19(10-16(17)20)23(21,22)14-6-4-13(18)5-7-14/h3-9H,10H2,1-2H3. The fraction of sp³-hybridized carbons (Fsp3) is 0.188. The van der Waals surface area contributed by atoms with Gasteiger partial charge in [0.25, 0.3) is 10.0 Å². The average molecular weight is 356 g/mol. The summed E-state index contributed by atoms with van der Waals surface area (Å²) in [6, 6.07) is 9.58. The van der Waals surface area contributed by atoms with Crippen LogP contribution in [0.3, 0.4) is 0 Å². The highest BCUT2D eigenvalue weighted by Gasteiger charge is 2.27. The number of benzene rings is 2. The SMILES string of the molecule is Cc1ccc(N(CC(=O)Cl)S(=O)(=O)c2ccc(F)cc2)c(C)c1. The zero-order chi connectivity index (χ0) is 17.2. The van der Waals surface area contributed by atoms with Crippen molar-refractivity contribution in [2.75, 3.05) is 10.8 Å². The number of sulfonamides is 1. The Balaban J connectivity index is 2.57. The van der Waals surface area contributed by atoms with Crippen LogP contribution in [0.15, 0.2) is 47.4 Å². The Hall–Kier alpha value is -1.92. The van der Waals surface area contributed by atoms with E-state index in [4.69, 9.17) is 11.6 Å². The fourth-order valence-electron chi connectivity index (χ4n) is 2.23. The molecule has 0 saturated heterocycles. The molecule has 0 heterocycles. The van der Waals surface area contributed by atoms with E-state index in [2.05, 4.69) is 0 Å². The molecule has 0 saturated carbocycles. The van der Waals surface area contributed by atoms with Crippen LogP contribution < -0.4 is 4.31 Å². The Labute approximate surface area is 139 Å². The molecule has 0 atom stereocenters. The first-order chi connectivity index (χ1) is 10.7. The van der Waals surface area contributed by atoms with Crippen LogP contribution in [0.5, 0.6) is 0 Å². The van der Waals surface area contributed by atoms with Gasteiger partial charge in [-0.15, -0.1) is 0 Å². The highest BCUT2D eigenvalue weighted by molar-refractivity contribution is 7.92. The number of rotatable bonds is 5. The summed E-state index contributed by atoms with van der Waals surface area (Å²) in [4.78, 5) is 11.2. The topological polar surface area (TPSA) is 54.5 Å². The van der Waals surface area contributed by atoms with E-state index >= 15 is 0 Å². The van der Waals surface area contributed by atoms with E-state index in [9.17, 15) is 17.6 Å². The maximum absolute atomic E-state index is 13.0. The van der Waals surface area contributed by atoms with Gasteiger partial charge in [-0.2, -0.15) is 0 Å². The van der Waals surface area contributed by atoms with Crippen LogP contribution in [0.4, 0.5) is 10.1 Å². The summed E-state index contributed by atoms with van der Waals surface area (Å²) in [6.45, 7) is 3.11. The van der Waals surface area contributed by atoms with Crippen LogP contribution in [0.1, 0.15) is 11.1 Å². The van der Waals surface area contributed by atoms with Crippen molar-refractivity contribution in [1.82, 2.24) is 0 Å². The molecule has 0 aliphatic rings. The van der Waals surface area contributed by atoms with Crippen LogP contribution in [0.25, 0.3) is 0 Å². The molecule has 2 aromatic rings. The first-order valence-electron chi connectivity index (χ1n) is 6.75. The van der Waals surface area contributed by atoms with E-state index < -0.39 is 27.6 Å². The third-order valence-electron chi connectivity index (χ3n) is 3.29. The molecule has 2 rings (SSSR count). The molecular formula is C16H15ClFNO3S. The van der Waals surface area contributed by atoms with Gasteiger partial charge in [0.15, 0.2) is 0 Å². The second-order valence-electron chi connectivity index (χ2n) is 5.11. The number of nitrogens with zero attached hydrogens (tertiary/aromatic N) is 1. The molecule has 4 nitrogen and oxygen atoms in total. The molecule has 0 unspecified atom stereocenters. The second kappa shape index (κ2) is 6.68. The van der Waals surface area contributed by atoms with Crippen molar-refractivity contribution in [2.45, 2.75) is 18.7 Å². The molecule has 0 fully saturated rings. The quantitative estimate of drug-likeness (QED) is 0.772. The molecule has 0 N–H and O–H groups in total. The zero-order valence-corrected chi connectivity index (χ0v) is 14.2. The van der Waals surface area contributed by atoms with E-state index in [0.717, 1.165) is 34.1 Å². The van der Waals surface area contributed by atoms with E-state index in [1.807, 2.05) is 6.92 Å². The van der Waals surface area contributed by atoms with Gasteiger partial charge >= 0.3 is 0 Å². The minimum atomic E-state index is -4.04. The lowest BCUT2D eigenvalue weighted by Gasteiger charge is -2.24. The number of hydrogen-bond donors (Lipinski definition) is 0. The maximum atomic E-state index is 13.0. The molecule has 2 aromatic carbocycles. The predicted molar refractivity (Wildman–Crippen MR) is 87.7 cm³/mol. The molecule has 0 aliphatic carbocycles. The second-order valence-corrected chi connectivity index (χ2v) is 7.39. The first-order valence-corrected chi connectivity index (χ1v) is 8.57. The van der Waals surface area contributed by atoms with Gasteiger partial charge in [0.1, 0.15) is 12.4 Å². The lowest BCUT2D eigenvalue weighted by molar-refractivity contribution is -0.110. The van der Waals surface area contributed by atoms with E-state index in [0.29, 0.717) is 11.3 Å². The number of aryl methyl sites for hydroxylation is 2. The Morgan fingerprint density at radius 1 is 1.13 bits per heavy atom. The monoisotopic (exact) mass is 355 g/mol. The van der Waals surface area contributed by atoms with Crippen LogP contribution in [0, 0.1) is 19.7 Å². The van der Waals surface area contributed by atoms with Crippen LogP contribution in [-0.4, -0.2) is 20.2 Å². The summed E-state index contributed by atoms with van der Waals surface area (Å²) in [5.74, 6) is -0.546. The predicted octanol–water partition coefficient (Wildman–Crippen LogP) is 3.40. The third-order valence-corrected chi connectivity index (χ3v) is 5.18. The molecule has 0 radical (unpaired) electrons. The summed E-state index contributed by atoms with van der Waals surface area (Å²) in [5.41, 5.74) is 2.00. The Morgan fingerprint density at radius 3 is 2.26 bits per heavy atom. The number of hydrogen-bond acceptors (Lipinski definition) is 3. The summed E-state index contributed by atoms with van der Waals surface area (Å²) >= 11 is 5.42. The Morgan fingerprint density at radius 2 is 1.74 bits per heavy atom. The Bertz CT molecular complexity index is 835.